The second kappa shape index (κ2) is 21.7. The number of imide groups is 1. The van der Waals surface area contributed by atoms with Gasteiger partial charge in [0, 0.05) is 27.9 Å². The van der Waals surface area contributed by atoms with E-state index in [2.05, 4.69) is 0 Å². The maximum Gasteiger partial charge on any atom is 0.303 e. The zero-order valence-electron chi connectivity index (χ0n) is 35.8. The number of benzene rings is 4. The van der Waals surface area contributed by atoms with Gasteiger partial charge in [0.25, 0.3) is 11.8 Å². The van der Waals surface area contributed by atoms with Crippen LogP contribution in [-0.4, -0.2) is 116 Å². The van der Waals surface area contributed by atoms with Crippen molar-refractivity contribution < 1.29 is 71.3 Å². The summed E-state index contributed by atoms with van der Waals surface area (Å²) in [4.78, 5) is 66.8. The lowest BCUT2D eigenvalue weighted by molar-refractivity contribution is -0.336. The predicted molar refractivity (Wildman–Crippen MR) is 224 cm³/mol. The number of carbonyl (C=O) groups is 5. The highest BCUT2D eigenvalue weighted by molar-refractivity contribution is 6.21. The van der Waals surface area contributed by atoms with Crippen molar-refractivity contribution in [3.05, 3.63) is 143 Å². The van der Waals surface area contributed by atoms with Gasteiger partial charge >= 0.3 is 17.9 Å². The van der Waals surface area contributed by atoms with Crippen molar-refractivity contribution in [1.29, 1.82) is 0 Å². The van der Waals surface area contributed by atoms with Crippen molar-refractivity contribution >= 4 is 29.7 Å². The van der Waals surface area contributed by atoms with Crippen molar-refractivity contribution in [2.45, 2.75) is 102 Å². The minimum absolute atomic E-state index is 0.0896. The molecule has 16 nitrogen and oxygen atoms in total. The van der Waals surface area contributed by atoms with Gasteiger partial charge in [0.15, 0.2) is 24.8 Å². The highest BCUT2D eigenvalue weighted by Gasteiger charge is 2.58. The molecule has 3 heterocycles. The molecule has 0 spiro atoms. The van der Waals surface area contributed by atoms with Crippen molar-refractivity contribution in [2.24, 2.45) is 0 Å². The van der Waals surface area contributed by atoms with Gasteiger partial charge in [0.05, 0.1) is 37.6 Å². The molecule has 2 fully saturated rings. The topological polar surface area (TPSA) is 181 Å². The molecule has 7 rings (SSSR count). The summed E-state index contributed by atoms with van der Waals surface area (Å²) in [7, 11) is 1.47. The van der Waals surface area contributed by atoms with Gasteiger partial charge in [-0.25, -0.2) is 0 Å². The number of hydrogen-bond acceptors (Lipinski definition) is 15. The predicted octanol–water partition coefficient (Wildman–Crippen LogP) is 4.95. The Morgan fingerprint density at radius 3 is 1.42 bits per heavy atom. The normalized spacial score (nSPS) is 26.5. The lowest BCUT2D eigenvalue weighted by Crippen LogP contribution is -2.68. The van der Waals surface area contributed by atoms with Gasteiger partial charge < -0.3 is 47.4 Å². The van der Waals surface area contributed by atoms with Gasteiger partial charge in [-0.1, -0.05) is 103 Å². The summed E-state index contributed by atoms with van der Waals surface area (Å²) in [6.45, 7) is 3.07. The second-order valence-electron chi connectivity index (χ2n) is 15.4. The molecule has 0 aromatic heterocycles. The molecule has 3 aliphatic heterocycles. The van der Waals surface area contributed by atoms with E-state index < -0.39 is 97.7 Å². The molecule has 0 radical (unpaired) electrons. The van der Waals surface area contributed by atoms with Crippen molar-refractivity contribution in [3.63, 3.8) is 0 Å². The molecule has 338 valence electrons. The molecule has 0 unspecified atom stereocenters. The molecule has 2 amide bonds. The SMILES string of the molecule is CO[C@H]1O[C@H](CO[C@@H]2O[C@H](COC(C)=O)[C@H](OC(C)=O)[C@H](OC(C)=O)[C@H]2N2C(=O)c3ccccc3C2=O)[C@@H](OCc2ccccc2)[C@H](OCc2ccccc2)[C@H]1OCc1ccccc1. The van der Waals surface area contributed by atoms with E-state index in [1.807, 2.05) is 91.0 Å². The Hall–Kier alpha value is -5.85. The summed E-state index contributed by atoms with van der Waals surface area (Å²) in [5.74, 6) is -3.78. The van der Waals surface area contributed by atoms with E-state index in [-0.39, 0.29) is 37.6 Å². The van der Waals surface area contributed by atoms with Crippen LogP contribution < -0.4 is 0 Å². The Bertz CT molecular complexity index is 2170. The average Bonchev–Trinajstić information content (AvgIpc) is 3.55. The molecule has 0 saturated carbocycles. The van der Waals surface area contributed by atoms with Gasteiger partial charge in [-0.2, -0.15) is 0 Å². The van der Waals surface area contributed by atoms with Crippen LogP contribution in [0.3, 0.4) is 0 Å². The van der Waals surface area contributed by atoms with Gasteiger partial charge in [0.1, 0.15) is 43.2 Å². The highest BCUT2D eigenvalue weighted by atomic mass is 16.7. The average molecular weight is 882 g/mol. The first-order valence-corrected chi connectivity index (χ1v) is 20.9. The largest absolute Gasteiger partial charge is 0.463 e. The fourth-order valence-corrected chi connectivity index (χ4v) is 8.03. The maximum absolute atomic E-state index is 14.2. The van der Waals surface area contributed by atoms with Gasteiger partial charge in [-0.05, 0) is 28.8 Å². The molecular formula is C48H51NO15. The van der Waals surface area contributed by atoms with E-state index in [9.17, 15) is 24.0 Å². The lowest BCUT2D eigenvalue weighted by Gasteiger charge is -2.48. The molecular weight excluding hydrogens is 831 g/mol. The summed E-state index contributed by atoms with van der Waals surface area (Å²) in [6, 6.07) is 33.3. The third-order valence-electron chi connectivity index (χ3n) is 10.9. The summed E-state index contributed by atoms with van der Waals surface area (Å²) in [6.07, 6.45) is -10.6. The van der Waals surface area contributed by atoms with E-state index in [1.54, 1.807) is 12.1 Å². The first kappa shape index (κ1) is 46.2. The summed E-state index contributed by atoms with van der Waals surface area (Å²) >= 11 is 0. The molecule has 0 bridgehead atoms. The van der Waals surface area contributed by atoms with Crippen molar-refractivity contribution in [1.82, 2.24) is 4.90 Å². The monoisotopic (exact) mass is 881 g/mol. The van der Waals surface area contributed by atoms with E-state index in [0.717, 1.165) is 35.4 Å². The van der Waals surface area contributed by atoms with Crippen LogP contribution in [-0.2, 0) is 81.6 Å². The van der Waals surface area contributed by atoms with Crippen LogP contribution in [0.4, 0.5) is 0 Å². The van der Waals surface area contributed by atoms with Crippen molar-refractivity contribution in [3.8, 4) is 0 Å². The third-order valence-corrected chi connectivity index (χ3v) is 10.9. The van der Waals surface area contributed by atoms with Gasteiger partial charge in [-0.15, -0.1) is 0 Å². The van der Waals surface area contributed by atoms with E-state index in [0.29, 0.717) is 0 Å². The number of amides is 2. The highest BCUT2D eigenvalue weighted by Crippen LogP contribution is 2.37. The zero-order chi connectivity index (χ0) is 45.2. The Kier molecular flexibility index (Phi) is 15.6. The van der Waals surface area contributed by atoms with Gasteiger partial charge in [0.2, 0.25) is 0 Å². The number of hydrogen-bond donors (Lipinski definition) is 0. The van der Waals surface area contributed by atoms with Crippen LogP contribution in [0.15, 0.2) is 115 Å². The molecule has 0 aliphatic carbocycles. The van der Waals surface area contributed by atoms with E-state index >= 15 is 0 Å². The molecule has 10 atom stereocenters. The minimum Gasteiger partial charge on any atom is -0.463 e. The van der Waals surface area contributed by atoms with E-state index in [1.165, 1.54) is 26.2 Å². The van der Waals surface area contributed by atoms with Crippen LogP contribution in [0, 0.1) is 0 Å². The maximum atomic E-state index is 14.2. The summed E-state index contributed by atoms with van der Waals surface area (Å²) in [5, 5.41) is 0. The van der Waals surface area contributed by atoms with E-state index in [4.69, 9.17) is 47.4 Å². The van der Waals surface area contributed by atoms with Crippen LogP contribution in [0.25, 0.3) is 0 Å². The number of rotatable bonds is 18. The molecule has 2 saturated heterocycles. The van der Waals surface area contributed by atoms with Crippen LogP contribution >= 0.6 is 0 Å². The molecule has 0 N–H and O–H groups in total. The summed E-state index contributed by atoms with van der Waals surface area (Å²) in [5.41, 5.74) is 2.82. The van der Waals surface area contributed by atoms with Gasteiger partial charge in [-0.3, -0.25) is 28.9 Å². The summed E-state index contributed by atoms with van der Waals surface area (Å²) < 4.78 is 62.4. The van der Waals surface area contributed by atoms with Crippen LogP contribution in [0.1, 0.15) is 58.2 Å². The van der Waals surface area contributed by atoms with Crippen LogP contribution in [0.2, 0.25) is 0 Å². The Morgan fingerprint density at radius 1 is 0.500 bits per heavy atom. The first-order valence-electron chi connectivity index (χ1n) is 20.9. The number of carbonyl (C=O) groups excluding carboxylic acids is 5. The molecule has 4 aromatic carbocycles. The quantitative estimate of drug-likeness (QED) is 0.0744. The Morgan fingerprint density at radius 2 is 0.938 bits per heavy atom. The number of fused-ring (bicyclic) bond motifs is 1. The molecule has 16 heteroatoms. The minimum atomic E-state index is -1.60. The fourth-order valence-electron chi connectivity index (χ4n) is 8.03. The fraction of sp³-hybridized carbons (Fsp3) is 0.396. The van der Waals surface area contributed by atoms with Crippen LogP contribution in [0.5, 0.6) is 0 Å². The molecule has 64 heavy (non-hydrogen) atoms. The lowest BCUT2D eigenvalue weighted by atomic mass is 9.94. The smallest absolute Gasteiger partial charge is 0.303 e. The molecule has 3 aliphatic rings. The second-order valence-corrected chi connectivity index (χ2v) is 15.4. The Balaban J connectivity index is 1.26. The molecule has 4 aromatic rings. The number of nitrogens with zero attached hydrogens (tertiary/aromatic N) is 1. The first-order chi connectivity index (χ1) is 31.0. The number of methoxy groups -OCH3 is 1. The number of esters is 3. The zero-order valence-corrected chi connectivity index (χ0v) is 35.8. The standard InChI is InChI=1S/C48H51NO15/c1-29(50)56-27-38-41(61-30(2)51)42(62-31(3)52)39(49-45(53)35-22-14-15-23-36(35)46(49)54)47(63-38)60-28-37-40(57-24-32-16-8-5-9-17-32)43(58-25-33-18-10-6-11-19-33)44(48(55-4)64-37)59-26-34-20-12-7-13-21-34/h5-23,37-44,47-48H,24-28H2,1-4H3/t37-,38-,39-,40-,41+,42-,43+,44-,47-,48+/m1/s1. The third kappa shape index (κ3) is 11.1. The van der Waals surface area contributed by atoms with Crippen molar-refractivity contribution in [2.75, 3.05) is 20.3 Å². The Labute approximate surface area is 370 Å². The number of ether oxygens (including phenoxy) is 10.